The molecule has 114 valence electrons. The Morgan fingerprint density at radius 2 is 2.33 bits per heavy atom. The number of rotatable bonds is 4. The lowest BCUT2D eigenvalue weighted by molar-refractivity contribution is -0.138. The minimum Gasteiger partial charge on any atom is -0.480 e. The fraction of sp³-hybridized carbons (Fsp3) is 0.643. The monoisotopic (exact) mass is 292 g/mol. The van der Waals surface area contributed by atoms with Crippen LogP contribution in [0, 0.1) is 0 Å². The number of carboxylic acids is 1. The minimum absolute atomic E-state index is 0.260. The maximum Gasteiger partial charge on any atom is 0.326 e. The summed E-state index contributed by atoms with van der Waals surface area (Å²) in [6.45, 7) is 2.19. The van der Waals surface area contributed by atoms with Crippen molar-refractivity contribution >= 4 is 17.7 Å². The van der Waals surface area contributed by atoms with Crippen LogP contribution in [-0.2, 0) is 9.53 Å². The minimum atomic E-state index is -0.810. The van der Waals surface area contributed by atoms with E-state index in [1.54, 1.807) is 11.1 Å². The van der Waals surface area contributed by atoms with Gasteiger partial charge in [0.2, 0.25) is 5.95 Å². The van der Waals surface area contributed by atoms with Crippen LogP contribution in [-0.4, -0.2) is 52.9 Å². The predicted octanol–water partition coefficient (Wildman–Crippen LogP) is 1.12. The average Bonchev–Trinajstić information content (AvgIpc) is 2.98. The van der Waals surface area contributed by atoms with Crippen molar-refractivity contribution in [3.05, 3.63) is 12.3 Å². The molecule has 0 saturated carbocycles. The normalized spacial score (nSPS) is 25.8. The predicted molar refractivity (Wildman–Crippen MR) is 77.5 cm³/mol. The van der Waals surface area contributed by atoms with Gasteiger partial charge < -0.3 is 20.1 Å². The fourth-order valence-electron chi connectivity index (χ4n) is 2.89. The number of nitrogens with one attached hydrogen (secondary N) is 1. The van der Waals surface area contributed by atoms with Crippen LogP contribution >= 0.6 is 0 Å². The molecule has 3 heterocycles. The summed E-state index contributed by atoms with van der Waals surface area (Å²) < 4.78 is 5.44. The zero-order valence-electron chi connectivity index (χ0n) is 11.9. The van der Waals surface area contributed by atoms with E-state index in [2.05, 4.69) is 15.3 Å². The molecule has 2 saturated heterocycles. The Morgan fingerprint density at radius 1 is 1.43 bits per heavy atom. The summed E-state index contributed by atoms with van der Waals surface area (Å²) in [6.07, 6.45) is 5.27. The second-order valence-electron chi connectivity index (χ2n) is 5.49. The van der Waals surface area contributed by atoms with Gasteiger partial charge in [-0.15, -0.1) is 0 Å². The summed E-state index contributed by atoms with van der Waals surface area (Å²) >= 11 is 0. The molecule has 0 spiro atoms. The van der Waals surface area contributed by atoms with E-state index in [1.807, 2.05) is 6.07 Å². The number of hydrogen-bond donors (Lipinski definition) is 2. The molecule has 0 aliphatic carbocycles. The number of hydrogen-bond acceptors (Lipinski definition) is 6. The van der Waals surface area contributed by atoms with E-state index in [1.165, 1.54) is 0 Å². The van der Waals surface area contributed by atoms with Gasteiger partial charge in [0, 0.05) is 19.3 Å². The van der Waals surface area contributed by atoms with Crippen LogP contribution in [0.1, 0.15) is 25.7 Å². The molecule has 2 atom stereocenters. The molecule has 1 aromatic rings. The van der Waals surface area contributed by atoms with Crippen molar-refractivity contribution in [3.63, 3.8) is 0 Å². The number of nitrogens with zero attached hydrogens (tertiary/aromatic N) is 3. The molecule has 1 unspecified atom stereocenters. The third kappa shape index (κ3) is 3.24. The lowest BCUT2D eigenvalue weighted by atomic mass is 10.1. The van der Waals surface area contributed by atoms with Crippen LogP contribution in [0.2, 0.25) is 0 Å². The molecule has 0 amide bonds. The molecule has 2 N–H and O–H groups in total. The number of aliphatic carboxylic acids is 1. The average molecular weight is 292 g/mol. The second-order valence-corrected chi connectivity index (χ2v) is 5.49. The zero-order chi connectivity index (χ0) is 14.7. The number of ether oxygens (including phenoxy) is 1. The second kappa shape index (κ2) is 6.26. The van der Waals surface area contributed by atoms with E-state index in [9.17, 15) is 9.90 Å². The lowest BCUT2D eigenvalue weighted by Gasteiger charge is -2.25. The van der Waals surface area contributed by atoms with Crippen molar-refractivity contribution in [2.75, 3.05) is 30.0 Å². The highest BCUT2D eigenvalue weighted by Crippen LogP contribution is 2.23. The summed E-state index contributed by atoms with van der Waals surface area (Å²) in [5.41, 5.74) is 0. The molecule has 2 fully saturated rings. The molecule has 1 aromatic heterocycles. The standard InChI is InChI=1S/C14H20N4O3/c19-13(20)11-4-1-7-18(11)14-15-6-5-12(17-14)16-10-3-2-8-21-9-10/h5-6,10-11H,1-4,7-9H2,(H,19,20)(H,15,16,17)/t10?,11-/m1/s1. The van der Waals surface area contributed by atoms with Crippen molar-refractivity contribution in [1.29, 1.82) is 0 Å². The van der Waals surface area contributed by atoms with Gasteiger partial charge >= 0.3 is 5.97 Å². The van der Waals surface area contributed by atoms with E-state index in [4.69, 9.17) is 4.74 Å². The molecule has 0 aromatic carbocycles. The van der Waals surface area contributed by atoms with Gasteiger partial charge in [-0.3, -0.25) is 0 Å². The van der Waals surface area contributed by atoms with Crippen LogP contribution in [0.25, 0.3) is 0 Å². The highest BCUT2D eigenvalue weighted by molar-refractivity contribution is 5.78. The Morgan fingerprint density at radius 3 is 3.10 bits per heavy atom. The first-order valence-corrected chi connectivity index (χ1v) is 7.41. The largest absolute Gasteiger partial charge is 0.480 e. The molecule has 0 bridgehead atoms. The Labute approximate surface area is 123 Å². The van der Waals surface area contributed by atoms with Gasteiger partial charge in [-0.1, -0.05) is 0 Å². The quantitative estimate of drug-likeness (QED) is 0.859. The molecular weight excluding hydrogens is 272 g/mol. The van der Waals surface area contributed by atoms with Gasteiger partial charge in [0.25, 0.3) is 0 Å². The molecule has 7 heteroatoms. The van der Waals surface area contributed by atoms with Gasteiger partial charge in [-0.25, -0.2) is 9.78 Å². The van der Waals surface area contributed by atoms with Gasteiger partial charge in [0.05, 0.1) is 12.6 Å². The fourth-order valence-corrected chi connectivity index (χ4v) is 2.89. The maximum atomic E-state index is 11.3. The van der Waals surface area contributed by atoms with Crippen molar-refractivity contribution < 1.29 is 14.6 Å². The Balaban J connectivity index is 1.71. The first kappa shape index (κ1) is 14.1. The molecule has 2 aliphatic rings. The maximum absolute atomic E-state index is 11.3. The third-order valence-corrected chi connectivity index (χ3v) is 3.95. The SMILES string of the molecule is O=C(O)[C@H]1CCCN1c1nccc(NC2CCCOC2)n1. The number of carbonyl (C=O) groups is 1. The zero-order valence-corrected chi connectivity index (χ0v) is 11.9. The number of aromatic nitrogens is 2. The van der Waals surface area contributed by atoms with Crippen LogP contribution in [0.15, 0.2) is 12.3 Å². The van der Waals surface area contributed by atoms with Gasteiger partial charge in [-0.05, 0) is 31.7 Å². The van der Waals surface area contributed by atoms with E-state index in [0.29, 0.717) is 25.5 Å². The van der Waals surface area contributed by atoms with Gasteiger partial charge in [-0.2, -0.15) is 4.98 Å². The molecule has 21 heavy (non-hydrogen) atoms. The van der Waals surface area contributed by atoms with E-state index in [-0.39, 0.29) is 6.04 Å². The molecule has 2 aliphatic heterocycles. The van der Waals surface area contributed by atoms with Crippen LogP contribution in [0.3, 0.4) is 0 Å². The summed E-state index contributed by atoms with van der Waals surface area (Å²) in [7, 11) is 0. The molecule has 0 radical (unpaired) electrons. The Bertz CT molecular complexity index is 505. The number of carboxylic acid groups (broad SMARTS) is 1. The molecule has 3 rings (SSSR count). The van der Waals surface area contributed by atoms with Gasteiger partial charge in [0.15, 0.2) is 0 Å². The Hall–Kier alpha value is -1.89. The van der Waals surface area contributed by atoms with E-state index in [0.717, 1.165) is 31.7 Å². The topological polar surface area (TPSA) is 87.6 Å². The van der Waals surface area contributed by atoms with Gasteiger partial charge in [0.1, 0.15) is 11.9 Å². The summed E-state index contributed by atoms with van der Waals surface area (Å²) in [5, 5.41) is 12.6. The first-order valence-electron chi connectivity index (χ1n) is 7.41. The smallest absolute Gasteiger partial charge is 0.326 e. The van der Waals surface area contributed by atoms with Crippen LogP contribution < -0.4 is 10.2 Å². The molecular formula is C14H20N4O3. The highest BCUT2D eigenvalue weighted by atomic mass is 16.5. The summed E-state index contributed by atoms with van der Waals surface area (Å²) in [6, 6.07) is 1.55. The van der Waals surface area contributed by atoms with Crippen molar-refractivity contribution in [3.8, 4) is 0 Å². The van der Waals surface area contributed by atoms with Crippen LogP contribution in [0.5, 0.6) is 0 Å². The van der Waals surface area contributed by atoms with E-state index >= 15 is 0 Å². The van der Waals surface area contributed by atoms with E-state index < -0.39 is 12.0 Å². The van der Waals surface area contributed by atoms with Crippen molar-refractivity contribution in [2.45, 2.75) is 37.8 Å². The Kier molecular flexibility index (Phi) is 4.19. The highest BCUT2D eigenvalue weighted by Gasteiger charge is 2.32. The molecule has 7 nitrogen and oxygen atoms in total. The summed E-state index contributed by atoms with van der Waals surface area (Å²) in [4.78, 5) is 21.7. The van der Waals surface area contributed by atoms with Crippen molar-refractivity contribution in [1.82, 2.24) is 9.97 Å². The summed E-state index contributed by atoms with van der Waals surface area (Å²) in [5.74, 6) is 0.406. The van der Waals surface area contributed by atoms with Crippen LogP contribution in [0.4, 0.5) is 11.8 Å². The lowest BCUT2D eigenvalue weighted by Crippen LogP contribution is -2.37. The third-order valence-electron chi connectivity index (χ3n) is 3.95. The number of anilines is 2. The van der Waals surface area contributed by atoms with Crippen molar-refractivity contribution in [2.24, 2.45) is 0 Å². The first-order chi connectivity index (χ1) is 10.2.